The van der Waals surface area contributed by atoms with Gasteiger partial charge in [-0.1, -0.05) is 30.5 Å². The van der Waals surface area contributed by atoms with Gasteiger partial charge in [0, 0.05) is 12.6 Å². The molecule has 1 N–H and O–H groups in total. The summed E-state index contributed by atoms with van der Waals surface area (Å²) in [5.74, 6) is 0. The monoisotopic (exact) mass is 275 g/mol. The van der Waals surface area contributed by atoms with Gasteiger partial charge >= 0.3 is 0 Å². The molecule has 1 atom stereocenters. The summed E-state index contributed by atoms with van der Waals surface area (Å²) in [5, 5.41) is 3.60. The van der Waals surface area contributed by atoms with Gasteiger partial charge in [0.25, 0.3) is 0 Å². The molecule has 20 heavy (non-hydrogen) atoms. The van der Waals surface area contributed by atoms with Crippen molar-refractivity contribution in [1.29, 1.82) is 0 Å². The van der Waals surface area contributed by atoms with Crippen LogP contribution >= 0.6 is 0 Å². The molecule has 0 aromatic heterocycles. The van der Waals surface area contributed by atoms with E-state index in [0.717, 1.165) is 13.2 Å². The van der Waals surface area contributed by atoms with Gasteiger partial charge in [-0.05, 0) is 57.2 Å². The maximum Gasteiger partial charge on any atom is 0.0594 e. The Kier molecular flexibility index (Phi) is 5.62. The standard InChI is InChI=1S/C18H29NO/c1-13-11-14(2)18(15(3)12-13)16(4)19-9-10-20-17-7-5-6-8-17/h11-12,16-17,19H,5-10H2,1-4H3. The zero-order chi connectivity index (χ0) is 14.5. The number of aryl methyl sites for hydroxylation is 3. The molecule has 0 radical (unpaired) electrons. The third kappa shape index (κ3) is 4.07. The largest absolute Gasteiger partial charge is 0.377 e. The van der Waals surface area contributed by atoms with Gasteiger partial charge < -0.3 is 10.1 Å². The summed E-state index contributed by atoms with van der Waals surface area (Å²) in [4.78, 5) is 0. The molecule has 2 nitrogen and oxygen atoms in total. The molecule has 2 heteroatoms. The zero-order valence-corrected chi connectivity index (χ0v) is 13.5. The van der Waals surface area contributed by atoms with Crippen LogP contribution in [0.5, 0.6) is 0 Å². The molecular weight excluding hydrogens is 246 g/mol. The summed E-state index contributed by atoms with van der Waals surface area (Å²) in [6.45, 7) is 10.6. The first-order valence-electron chi connectivity index (χ1n) is 8.00. The van der Waals surface area contributed by atoms with Gasteiger partial charge in [0.15, 0.2) is 0 Å². The van der Waals surface area contributed by atoms with Crippen molar-refractivity contribution in [2.24, 2.45) is 0 Å². The number of benzene rings is 1. The smallest absolute Gasteiger partial charge is 0.0594 e. The predicted molar refractivity (Wildman–Crippen MR) is 85.3 cm³/mol. The van der Waals surface area contributed by atoms with Crippen molar-refractivity contribution in [3.8, 4) is 0 Å². The Bertz CT molecular complexity index is 412. The van der Waals surface area contributed by atoms with Crippen LogP contribution in [0.3, 0.4) is 0 Å². The fraction of sp³-hybridized carbons (Fsp3) is 0.667. The summed E-state index contributed by atoms with van der Waals surface area (Å²) in [7, 11) is 0. The molecule has 1 aromatic carbocycles. The number of hydrogen-bond donors (Lipinski definition) is 1. The van der Waals surface area contributed by atoms with Crippen LogP contribution in [0.15, 0.2) is 12.1 Å². The van der Waals surface area contributed by atoms with Gasteiger partial charge in [-0.3, -0.25) is 0 Å². The number of rotatable bonds is 6. The SMILES string of the molecule is Cc1cc(C)c(C(C)NCCOC2CCCC2)c(C)c1. The second-order valence-corrected chi connectivity index (χ2v) is 6.27. The third-order valence-electron chi connectivity index (χ3n) is 4.38. The Morgan fingerprint density at radius 3 is 2.35 bits per heavy atom. The molecule has 0 aliphatic heterocycles. The van der Waals surface area contributed by atoms with Crippen LogP contribution in [0.2, 0.25) is 0 Å². The van der Waals surface area contributed by atoms with Crippen LogP contribution in [0.25, 0.3) is 0 Å². The summed E-state index contributed by atoms with van der Waals surface area (Å²) in [6, 6.07) is 4.94. The number of hydrogen-bond acceptors (Lipinski definition) is 2. The van der Waals surface area contributed by atoms with Crippen LogP contribution in [0.1, 0.15) is 60.9 Å². The fourth-order valence-electron chi connectivity index (χ4n) is 3.53. The van der Waals surface area contributed by atoms with Crippen LogP contribution in [0.4, 0.5) is 0 Å². The lowest BCUT2D eigenvalue weighted by molar-refractivity contribution is 0.0593. The van der Waals surface area contributed by atoms with E-state index in [4.69, 9.17) is 4.74 Å². The Morgan fingerprint density at radius 2 is 1.75 bits per heavy atom. The van der Waals surface area contributed by atoms with E-state index in [2.05, 4.69) is 45.1 Å². The Labute approximate surface area is 123 Å². The number of ether oxygens (including phenoxy) is 1. The van der Waals surface area contributed by atoms with Gasteiger partial charge in [-0.25, -0.2) is 0 Å². The molecule has 1 fully saturated rings. The van der Waals surface area contributed by atoms with Gasteiger partial charge in [-0.15, -0.1) is 0 Å². The van der Waals surface area contributed by atoms with Crippen molar-refractivity contribution in [1.82, 2.24) is 5.32 Å². The highest BCUT2D eigenvalue weighted by molar-refractivity contribution is 5.39. The molecule has 2 rings (SSSR count). The first-order chi connectivity index (χ1) is 9.58. The predicted octanol–water partition coefficient (Wildman–Crippen LogP) is 4.22. The normalized spacial score (nSPS) is 17.6. The summed E-state index contributed by atoms with van der Waals surface area (Å²) < 4.78 is 5.91. The van der Waals surface area contributed by atoms with Crippen molar-refractivity contribution in [3.05, 3.63) is 34.4 Å². The molecule has 0 spiro atoms. The van der Waals surface area contributed by atoms with Crippen molar-refractivity contribution in [3.63, 3.8) is 0 Å². The highest BCUT2D eigenvalue weighted by atomic mass is 16.5. The molecule has 0 saturated heterocycles. The first-order valence-corrected chi connectivity index (χ1v) is 8.00. The molecule has 0 bridgehead atoms. The molecule has 0 amide bonds. The molecule has 1 saturated carbocycles. The van der Waals surface area contributed by atoms with Gasteiger partial charge in [0.2, 0.25) is 0 Å². The van der Waals surface area contributed by atoms with Crippen LogP contribution in [-0.2, 0) is 4.74 Å². The van der Waals surface area contributed by atoms with E-state index in [1.807, 2.05) is 0 Å². The van der Waals surface area contributed by atoms with E-state index in [0.29, 0.717) is 12.1 Å². The second-order valence-electron chi connectivity index (χ2n) is 6.27. The van der Waals surface area contributed by atoms with Crippen LogP contribution in [-0.4, -0.2) is 19.3 Å². The van der Waals surface area contributed by atoms with E-state index >= 15 is 0 Å². The van der Waals surface area contributed by atoms with E-state index < -0.39 is 0 Å². The average Bonchev–Trinajstić information content (AvgIpc) is 2.86. The topological polar surface area (TPSA) is 21.3 Å². The van der Waals surface area contributed by atoms with Gasteiger partial charge in [0.05, 0.1) is 12.7 Å². The van der Waals surface area contributed by atoms with Gasteiger partial charge in [-0.2, -0.15) is 0 Å². The van der Waals surface area contributed by atoms with Crippen molar-refractivity contribution in [2.75, 3.05) is 13.2 Å². The molecule has 1 aliphatic carbocycles. The van der Waals surface area contributed by atoms with Crippen molar-refractivity contribution < 1.29 is 4.74 Å². The lowest BCUT2D eigenvalue weighted by Crippen LogP contribution is -2.26. The van der Waals surface area contributed by atoms with E-state index in [1.165, 1.54) is 47.9 Å². The van der Waals surface area contributed by atoms with Crippen molar-refractivity contribution in [2.45, 2.75) is 65.5 Å². The molecular formula is C18H29NO. The minimum Gasteiger partial charge on any atom is -0.377 e. The Morgan fingerprint density at radius 1 is 1.15 bits per heavy atom. The molecule has 1 aliphatic rings. The third-order valence-corrected chi connectivity index (χ3v) is 4.38. The van der Waals surface area contributed by atoms with E-state index in [1.54, 1.807) is 0 Å². The quantitative estimate of drug-likeness (QED) is 0.785. The van der Waals surface area contributed by atoms with Crippen molar-refractivity contribution >= 4 is 0 Å². The van der Waals surface area contributed by atoms with Gasteiger partial charge in [0.1, 0.15) is 0 Å². The lowest BCUT2D eigenvalue weighted by atomic mass is 9.95. The van der Waals surface area contributed by atoms with E-state index in [-0.39, 0.29) is 0 Å². The zero-order valence-electron chi connectivity index (χ0n) is 13.5. The number of nitrogens with one attached hydrogen (secondary N) is 1. The fourth-order valence-corrected chi connectivity index (χ4v) is 3.53. The summed E-state index contributed by atoms with van der Waals surface area (Å²) >= 11 is 0. The first kappa shape index (κ1) is 15.5. The highest BCUT2D eigenvalue weighted by Crippen LogP contribution is 2.23. The maximum absolute atomic E-state index is 5.91. The minimum atomic E-state index is 0.391. The Hall–Kier alpha value is -0.860. The molecule has 1 unspecified atom stereocenters. The summed E-state index contributed by atoms with van der Waals surface area (Å²) in [6.07, 6.45) is 5.72. The maximum atomic E-state index is 5.91. The van der Waals surface area contributed by atoms with Crippen LogP contribution in [0, 0.1) is 20.8 Å². The molecule has 1 aromatic rings. The second kappa shape index (κ2) is 7.24. The van der Waals surface area contributed by atoms with Crippen LogP contribution < -0.4 is 5.32 Å². The summed E-state index contributed by atoms with van der Waals surface area (Å²) in [5.41, 5.74) is 5.57. The minimum absolute atomic E-state index is 0.391. The Balaban J connectivity index is 1.80. The molecule has 0 heterocycles. The lowest BCUT2D eigenvalue weighted by Gasteiger charge is -2.20. The highest BCUT2D eigenvalue weighted by Gasteiger charge is 2.15. The van der Waals surface area contributed by atoms with E-state index in [9.17, 15) is 0 Å². The molecule has 112 valence electrons. The average molecular weight is 275 g/mol.